The summed E-state index contributed by atoms with van der Waals surface area (Å²) in [4.78, 5) is 24.6. The van der Waals surface area contributed by atoms with E-state index in [9.17, 15) is 9.59 Å². The van der Waals surface area contributed by atoms with Gasteiger partial charge in [0.05, 0.1) is 6.54 Å². The Labute approximate surface area is 124 Å². The molecule has 0 spiro atoms. The van der Waals surface area contributed by atoms with Crippen molar-refractivity contribution in [2.75, 3.05) is 0 Å². The first-order valence-corrected chi connectivity index (χ1v) is 7.34. The second-order valence-electron chi connectivity index (χ2n) is 5.66. The van der Waals surface area contributed by atoms with Crippen molar-refractivity contribution in [3.63, 3.8) is 0 Å². The van der Waals surface area contributed by atoms with Gasteiger partial charge in [-0.15, -0.1) is 0 Å². The molecular formula is C16H23N3O2. The number of hydrogen-bond donors (Lipinski definition) is 0. The zero-order chi connectivity index (χ0) is 15.7. The third-order valence-corrected chi connectivity index (χ3v) is 3.93. The van der Waals surface area contributed by atoms with Crippen LogP contribution in [-0.2, 0) is 13.1 Å². The minimum Gasteiger partial charge on any atom is -0.349 e. The van der Waals surface area contributed by atoms with Gasteiger partial charge in [-0.25, -0.2) is 4.79 Å². The van der Waals surface area contributed by atoms with Gasteiger partial charge in [0.15, 0.2) is 5.78 Å². The van der Waals surface area contributed by atoms with Crippen LogP contribution in [0.2, 0.25) is 0 Å². The monoisotopic (exact) mass is 289 g/mol. The van der Waals surface area contributed by atoms with Crippen LogP contribution in [0.15, 0.2) is 23.3 Å². The van der Waals surface area contributed by atoms with E-state index in [4.69, 9.17) is 0 Å². The molecule has 0 saturated heterocycles. The minimum atomic E-state index is -0.136. The maximum atomic E-state index is 12.5. The highest BCUT2D eigenvalue weighted by Crippen LogP contribution is 2.16. The summed E-state index contributed by atoms with van der Waals surface area (Å²) in [5.74, 6) is -0.0218. The van der Waals surface area contributed by atoms with Crippen molar-refractivity contribution in [1.82, 2.24) is 13.7 Å². The number of aryl methyl sites for hydroxylation is 1. The summed E-state index contributed by atoms with van der Waals surface area (Å²) in [7, 11) is 0. The third kappa shape index (κ3) is 2.73. The number of rotatable bonds is 5. The molecule has 0 N–H and O–H groups in total. The zero-order valence-corrected chi connectivity index (χ0v) is 13.4. The Balaban J connectivity index is 2.29. The SMILES string of the molecule is CCn1c(C)cc(C(=O)Cn2ccn(C(C)C)c2=O)c1C. The molecule has 0 aliphatic rings. The molecule has 21 heavy (non-hydrogen) atoms. The number of carbonyl (C=O) groups is 1. The van der Waals surface area contributed by atoms with Gasteiger partial charge in [0.25, 0.3) is 0 Å². The summed E-state index contributed by atoms with van der Waals surface area (Å²) >= 11 is 0. The smallest absolute Gasteiger partial charge is 0.328 e. The summed E-state index contributed by atoms with van der Waals surface area (Å²) in [6.07, 6.45) is 3.41. The highest BCUT2D eigenvalue weighted by Gasteiger charge is 2.17. The second-order valence-corrected chi connectivity index (χ2v) is 5.66. The van der Waals surface area contributed by atoms with Crippen LogP contribution >= 0.6 is 0 Å². The zero-order valence-electron chi connectivity index (χ0n) is 13.4. The quantitative estimate of drug-likeness (QED) is 0.794. The molecule has 5 heteroatoms. The van der Waals surface area contributed by atoms with Gasteiger partial charge in [0.1, 0.15) is 0 Å². The number of hydrogen-bond acceptors (Lipinski definition) is 2. The van der Waals surface area contributed by atoms with Gasteiger partial charge in [-0.1, -0.05) is 0 Å². The van der Waals surface area contributed by atoms with Crippen LogP contribution in [0.1, 0.15) is 48.6 Å². The average Bonchev–Trinajstić information content (AvgIpc) is 2.91. The Morgan fingerprint density at radius 1 is 1.24 bits per heavy atom. The Hall–Kier alpha value is -2.04. The molecule has 114 valence electrons. The number of carbonyl (C=O) groups excluding carboxylic acids is 1. The highest BCUT2D eigenvalue weighted by molar-refractivity contribution is 5.97. The summed E-state index contributed by atoms with van der Waals surface area (Å²) in [5, 5.41) is 0. The molecule has 0 bridgehead atoms. The molecule has 0 saturated carbocycles. The minimum absolute atomic E-state index is 0.0218. The van der Waals surface area contributed by atoms with Crippen LogP contribution < -0.4 is 5.69 Å². The maximum absolute atomic E-state index is 12.5. The summed E-state index contributed by atoms with van der Waals surface area (Å²) in [6, 6.07) is 2.00. The van der Waals surface area contributed by atoms with Crippen molar-refractivity contribution in [2.45, 2.75) is 53.8 Å². The van der Waals surface area contributed by atoms with E-state index in [-0.39, 0.29) is 24.1 Å². The van der Waals surface area contributed by atoms with Crippen molar-refractivity contribution in [1.29, 1.82) is 0 Å². The van der Waals surface area contributed by atoms with Crippen molar-refractivity contribution < 1.29 is 4.79 Å². The first-order valence-electron chi connectivity index (χ1n) is 7.34. The molecule has 2 aromatic heterocycles. The molecule has 2 aromatic rings. The van der Waals surface area contributed by atoms with Gasteiger partial charge in [-0.3, -0.25) is 13.9 Å². The van der Waals surface area contributed by atoms with Gasteiger partial charge in [-0.2, -0.15) is 0 Å². The van der Waals surface area contributed by atoms with Crippen molar-refractivity contribution in [3.05, 3.63) is 45.9 Å². The molecule has 2 rings (SSSR count). The Morgan fingerprint density at radius 3 is 2.38 bits per heavy atom. The molecule has 0 aliphatic carbocycles. The van der Waals surface area contributed by atoms with E-state index < -0.39 is 0 Å². The van der Waals surface area contributed by atoms with E-state index >= 15 is 0 Å². The number of nitrogens with zero attached hydrogens (tertiary/aromatic N) is 3. The Kier molecular flexibility index (Phi) is 4.21. The molecule has 0 radical (unpaired) electrons. The number of Topliss-reactive ketones (excluding diaryl/α,β-unsaturated/α-hetero) is 1. The Bertz CT molecular complexity index is 716. The van der Waals surface area contributed by atoms with E-state index in [0.717, 1.165) is 17.9 Å². The lowest BCUT2D eigenvalue weighted by Gasteiger charge is -2.06. The normalized spacial score (nSPS) is 11.3. The summed E-state index contributed by atoms with van der Waals surface area (Å²) < 4.78 is 5.21. The molecule has 5 nitrogen and oxygen atoms in total. The van der Waals surface area contributed by atoms with Gasteiger partial charge in [0.2, 0.25) is 0 Å². The second kappa shape index (κ2) is 5.76. The van der Waals surface area contributed by atoms with E-state index in [1.165, 1.54) is 4.57 Å². The number of imidazole rings is 1. The largest absolute Gasteiger partial charge is 0.349 e. The Morgan fingerprint density at radius 2 is 1.90 bits per heavy atom. The molecule has 0 unspecified atom stereocenters. The third-order valence-electron chi connectivity index (χ3n) is 3.93. The summed E-state index contributed by atoms with van der Waals surface area (Å²) in [6.45, 7) is 10.8. The van der Waals surface area contributed by atoms with Crippen LogP contribution in [0.25, 0.3) is 0 Å². The van der Waals surface area contributed by atoms with Gasteiger partial charge in [-0.05, 0) is 40.7 Å². The topological polar surface area (TPSA) is 48.9 Å². The lowest BCUT2D eigenvalue weighted by Crippen LogP contribution is -2.27. The first-order chi connectivity index (χ1) is 9.86. The summed E-state index contributed by atoms with van der Waals surface area (Å²) in [5.41, 5.74) is 2.61. The standard InChI is InChI=1S/C16H23N3O2/c1-6-18-12(4)9-14(13(18)5)15(20)10-17-7-8-19(11(2)3)16(17)21/h7-9,11H,6,10H2,1-5H3. The maximum Gasteiger partial charge on any atom is 0.328 e. The van der Waals surface area contributed by atoms with Gasteiger partial charge < -0.3 is 4.57 Å². The predicted octanol–water partition coefficient (Wildman–Crippen LogP) is 2.55. The van der Waals surface area contributed by atoms with E-state index in [1.807, 2.05) is 33.8 Å². The van der Waals surface area contributed by atoms with E-state index in [2.05, 4.69) is 11.5 Å². The molecule has 0 aromatic carbocycles. The van der Waals surface area contributed by atoms with Crippen LogP contribution in [0.3, 0.4) is 0 Å². The van der Waals surface area contributed by atoms with Crippen LogP contribution in [-0.4, -0.2) is 19.5 Å². The molecule has 0 aliphatic heterocycles. The fourth-order valence-corrected chi connectivity index (χ4v) is 2.75. The van der Waals surface area contributed by atoms with E-state index in [1.54, 1.807) is 17.0 Å². The predicted molar refractivity (Wildman–Crippen MR) is 83.0 cm³/mol. The fraction of sp³-hybridized carbons (Fsp3) is 0.500. The molecule has 0 fully saturated rings. The first kappa shape index (κ1) is 15.4. The molecule has 0 atom stereocenters. The average molecular weight is 289 g/mol. The lowest BCUT2D eigenvalue weighted by atomic mass is 10.1. The van der Waals surface area contributed by atoms with Gasteiger partial charge in [0, 0.05) is 41.9 Å². The van der Waals surface area contributed by atoms with E-state index in [0.29, 0.717) is 5.56 Å². The molecular weight excluding hydrogens is 266 g/mol. The highest BCUT2D eigenvalue weighted by atomic mass is 16.2. The van der Waals surface area contributed by atoms with Crippen molar-refractivity contribution in [3.8, 4) is 0 Å². The van der Waals surface area contributed by atoms with Crippen LogP contribution in [0, 0.1) is 13.8 Å². The van der Waals surface area contributed by atoms with Crippen LogP contribution in [0.4, 0.5) is 0 Å². The molecule has 0 amide bonds. The van der Waals surface area contributed by atoms with Crippen molar-refractivity contribution >= 4 is 5.78 Å². The van der Waals surface area contributed by atoms with Gasteiger partial charge >= 0.3 is 5.69 Å². The van der Waals surface area contributed by atoms with Crippen LogP contribution in [0.5, 0.6) is 0 Å². The molecule has 2 heterocycles. The lowest BCUT2D eigenvalue weighted by molar-refractivity contribution is 0.0970. The number of ketones is 1. The number of aromatic nitrogens is 3. The fourth-order valence-electron chi connectivity index (χ4n) is 2.75. The van der Waals surface area contributed by atoms with Crippen molar-refractivity contribution in [2.24, 2.45) is 0 Å².